The first-order chi connectivity index (χ1) is 10.1. The highest BCUT2D eigenvalue weighted by Crippen LogP contribution is 2.18. The van der Waals surface area contributed by atoms with Crippen molar-refractivity contribution in [3.05, 3.63) is 48.0 Å². The van der Waals surface area contributed by atoms with Gasteiger partial charge in [0.25, 0.3) is 5.91 Å². The molecule has 21 heavy (non-hydrogen) atoms. The smallest absolute Gasteiger partial charge is 0.333 e. The third kappa shape index (κ3) is 3.51. The van der Waals surface area contributed by atoms with E-state index in [1.54, 1.807) is 6.07 Å². The van der Waals surface area contributed by atoms with Crippen molar-refractivity contribution < 1.29 is 9.59 Å². The summed E-state index contributed by atoms with van der Waals surface area (Å²) >= 11 is 0. The van der Waals surface area contributed by atoms with Crippen LogP contribution in [0.25, 0.3) is 10.8 Å². The minimum absolute atomic E-state index is 0.332. The summed E-state index contributed by atoms with van der Waals surface area (Å²) in [6, 6.07) is 12.4. The van der Waals surface area contributed by atoms with Gasteiger partial charge in [0, 0.05) is 12.1 Å². The van der Waals surface area contributed by atoms with Gasteiger partial charge in [-0.05, 0) is 23.3 Å². The predicted molar refractivity (Wildman–Crippen MR) is 82.6 cm³/mol. The molecule has 0 atom stereocenters. The lowest BCUT2D eigenvalue weighted by molar-refractivity contribution is 0.0833. The molecular weight excluding hydrogens is 266 g/mol. The van der Waals surface area contributed by atoms with Gasteiger partial charge in [-0.1, -0.05) is 49.7 Å². The predicted octanol–water partition coefficient (Wildman–Crippen LogP) is 2.67. The first-order valence-corrected chi connectivity index (χ1v) is 6.99. The Morgan fingerprint density at radius 3 is 2.57 bits per heavy atom. The number of urea groups is 1. The number of amides is 3. The highest BCUT2D eigenvalue weighted by atomic mass is 16.2. The van der Waals surface area contributed by atoms with Crippen molar-refractivity contribution in [2.75, 3.05) is 6.54 Å². The standard InChI is InChI=1S/C16H19N3O2/c1-2-3-11-19(16(17)21)18-15(20)14-10-6-8-12-7-4-5-9-13(12)14/h4-10H,2-3,11H2,1H3,(H2,17,21)(H,18,20). The van der Waals surface area contributed by atoms with Crippen molar-refractivity contribution in [3.63, 3.8) is 0 Å². The fourth-order valence-corrected chi connectivity index (χ4v) is 2.14. The van der Waals surface area contributed by atoms with Crippen LogP contribution in [0, 0.1) is 0 Å². The fourth-order valence-electron chi connectivity index (χ4n) is 2.14. The normalized spacial score (nSPS) is 10.3. The van der Waals surface area contributed by atoms with E-state index in [1.165, 1.54) is 0 Å². The number of hydrogen-bond acceptors (Lipinski definition) is 2. The molecule has 5 nitrogen and oxygen atoms in total. The molecule has 2 aromatic carbocycles. The maximum atomic E-state index is 12.4. The molecule has 0 radical (unpaired) electrons. The minimum atomic E-state index is -0.656. The van der Waals surface area contributed by atoms with E-state index in [4.69, 9.17) is 5.73 Å². The topological polar surface area (TPSA) is 75.4 Å². The zero-order valence-corrected chi connectivity index (χ0v) is 12.0. The van der Waals surface area contributed by atoms with Gasteiger partial charge in [0.1, 0.15) is 0 Å². The summed E-state index contributed by atoms with van der Waals surface area (Å²) in [5.74, 6) is -0.332. The Kier molecular flexibility index (Phi) is 4.77. The average Bonchev–Trinajstić information content (AvgIpc) is 2.50. The van der Waals surface area contributed by atoms with Gasteiger partial charge in [0.2, 0.25) is 0 Å². The second-order valence-corrected chi connectivity index (χ2v) is 4.81. The van der Waals surface area contributed by atoms with Gasteiger partial charge < -0.3 is 5.73 Å². The minimum Gasteiger partial charge on any atom is -0.350 e. The number of hydrogen-bond donors (Lipinski definition) is 2. The Bertz CT molecular complexity index is 650. The van der Waals surface area contributed by atoms with E-state index >= 15 is 0 Å². The van der Waals surface area contributed by atoms with E-state index < -0.39 is 6.03 Å². The van der Waals surface area contributed by atoms with Gasteiger partial charge in [-0.2, -0.15) is 0 Å². The molecule has 0 aromatic heterocycles. The molecule has 0 unspecified atom stereocenters. The monoisotopic (exact) mass is 285 g/mol. The zero-order chi connectivity index (χ0) is 15.2. The average molecular weight is 285 g/mol. The molecule has 110 valence electrons. The van der Waals surface area contributed by atoms with Crippen LogP contribution in [0.15, 0.2) is 42.5 Å². The third-order valence-electron chi connectivity index (χ3n) is 3.27. The van der Waals surface area contributed by atoms with Crippen LogP contribution in [-0.4, -0.2) is 23.5 Å². The molecule has 0 spiro atoms. The number of nitrogens with zero attached hydrogens (tertiary/aromatic N) is 1. The molecule has 0 bridgehead atoms. The van der Waals surface area contributed by atoms with Crippen LogP contribution < -0.4 is 11.2 Å². The number of carbonyl (C=O) groups is 2. The van der Waals surface area contributed by atoms with Crippen molar-refractivity contribution in [2.45, 2.75) is 19.8 Å². The van der Waals surface area contributed by atoms with Crippen molar-refractivity contribution in [3.8, 4) is 0 Å². The first kappa shape index (κ1) is 14.8. The maximum absolute atomic E-state index is 12.4. The number of primary amides is 1. The molecule has 0 aliphatic carbocycles. The van der Waals surface area contributed by atoms with Gasteiger partial charge in [-0.3, -0.25) is 10.2 Å². The van der Waals surface area contributed by atoms with E-state index in [2.05, 4.69) is 5.43 Å². The highest BCUT2D eigenvalue weighted by Gasteiger charge is 2.15. The number of carbonyl (C=O) groups excluding carboxylic acids is 2. The SMILES string of the molecule is CCCCN(NC(=O)c1cccc2ccccc12)C(N)=O. The molecule has 2 rings (SSSR count). The van der Waals surface area contributed by atoms with Crippen LogP contribution in [0.2, 0.25) is 0 Å². The molecule has 0 aliphatic heterocycles. The largest absolute Gasteiger partial charge is 0.350 e. The molecule has 5 heteroatoms. The molecule has 3 N–H and O–H groups in total. The lowest BCUT2D eigenvalue weighted by Gasteiger charge is -2.21. The van der Waals surface area contributed by atoms with Crippen LogP contribution in [0.5, 0.6) is 0 Å². The van der Waals surface area contributed by atoms with Gasteiger partial charge in [-0.15, -0.1) is 0 Å². The lowest BCUT2D eigenvalue weighted by atomic mass is 10.0. The Hall–Kier alpha value is -2.56. The van der Waals surface area contributed by atoms with E-state index in [0.717, 1.165) is 28.6 Å². The van der Waals surface area contributed by atoms with E-state index in [0.29, 0.717) is 12.1 Å². The van der Waals surface area contributed by atoms with Gasteiger partial charge >= 0.3 is 6.03 Å². The van der Waals surface area contributed by atoms with E-state index in [1.807, 2.05) is 43.3 Å². The first-order valence-electron chi connectivity index (χ1n) is 6.99. The summed E-state index contributed by atoms with van der Waals surface area (Å²) in [5, 5.41) is 2.98. The second-order valence-electron chi connectivity index (χ2n) is 4.81. The maximum Gasteiger partial charge on any atom is 0.333 e. The summed E-state index contributed by atoms with van der Waals surface area (Å²) in [5.41, 5.74) is 8.39. The number of fused-ring (bicyclic) bond motifs is 1. The molecule has 3 amide bonds. The summed E-state index contributed by atoms with van der Waals surface area (Å²) in [7, 11) is 0. The van der Waals surface area contributed by atoms with Gasteiger partial charge in [-0.25, -0.2) is 9.80 Å². The molecule has 0 fully saturated rings. The van der Waals surface area contributed by atoms with E-state index in [-0.39, 0.29) is 5.91 Å². The van der Waals surface area contributed by atoms with Crippen molar-refractivity contribution in [2.24, 2.45) is 5.73 Å². The van der Waals surface area contributed by atoms with Crippen molar-refractivity contribution >= 4 is 22.7 Å². The highest BCUT2D eigenvalue weighted by molar-refractivity contribution is 6.07. The molecule has 0 heterocycles. The summed E-state index contributed by atoms with van der Waals surface area (Å²) in [6.45, 7) is 2.41. The lowest BCUT2D eigenvalue weighted by Crippen LogP contribution is -2.49. The Morgan fingerprint density at radius 1 is 1.14 bits per heavy atom. The Morgan fingerprint density at radius 2 is 1.86 bits per heavy atom. The van der Waals surface area contributed by atoms with Crippen LogP contribution in [-0.2, 0) is 0 Å². The van der Waals surface area contributed by atoms with Crippen LogP contribution >= 0.6 is 0 Å². The summed E-state index contributed by atoms with van der Waals surface area (Å²) < 4.78 is 0. The summed E-state index contributed by atoms with van der Waals surface area (Å²) in [6.07, 6.45) is 1.69. The fraction of sp³-hybridized carbons (Fsp3) is 0.250. The molecule has 0 saturated heterocycles. The number of rotatable bonds is 4. The van der Waals surface area contributed by atoms with Crippen LogP contribution in [0.4, 0.5) is 4.79 Å². The Balaban J connectivity index is 2.23. The summed E-state index contributed by atoms with van der Waals surface area (Å²) in [4.78, 5) is 23.7. The number of hydrazine groups is 1. The van der Waals surface area contributed by atoms with Crippen LogP contribution in [0.1, 0.15) is 30.1 Å². The third-order valence-corrected chi connectivity index (χ3v) is 3.27. The van der Waals surface area contributed by atoms with Gasteiger partial charge in [0.15, 0.2) is 0 Å². The van der Waals surface area contributed by atoms with Crippen molar-refractivity contribution in [1.29, 1.82) is 0 Å². The molecule has 2 aromatic rings. The molecular formula is C16H19N3O2. The van der Waals surface area contributed by atoms with E-state index in [9.17, 15) is 9.59 Å². The van der Waals surface area contributed by atoms with Crippen molar-refractivity contribution in [1.82, 2.24) is 10.4 Å². The van der Waals surface area contributed by atoms with Crippen LogP contribution in [0.3, 0.4) is 0 Å². The zero-order valence-electron chi connectivity index (χ0n) is 12.0. The Labute approximate surface area is 123 Å². The molecule has 0 aliphatic rings. The quantitative estimate of drug-likeness (QED) is 0.847. The number of unbranched alkanes of at least 4 members (excludes halogenated alkanes) is 1. The molecule has 0 saturated carbocycles. The number of nitrogens with two attached hydrogens (primary N) is 1. The number of benzene rings is 2. The number of nitrogens with one attached hydrogen (secondary N) is 1. The van der Waals surface area contributed by atoms with Gasteiger partial charge in [0.05, 0.1) is 0 Å². The second kappa shape index (κ2) is 6.74.